The molecule has 4 heteroatoms. The summed E-state index contributed by atoms with van der Waals surface area (Å²) in [6, 6.07) is 17.9. The number of H-pyrrole nitrogens is 1. The minimum atomic E-state index is 0.306. The Balaban J connectivity index is 0.000000245. The van der Waals surface area contributed by atoms with E-state index in [-0.39, 0.29) is 0 Å². The molecule has 1 aliphatic heterocycles. The van der Waals surface area contributed by atoms with Gasteiger partial charge < -0.3 is 20.1 Å². The monoisotopic (exact) mass is 420 g/mol. The third-order valence-electron chi connectivity index (χ3n) is 6.44. The molecule has 2 aliphatic rings. The van der Waals surface area contributed by atoms with Crippen LogP contribution in [-0.4, -0.2) is 35.4 Å². The first-order valence-electron chi connectivity index (χ1n) is 11.9. The third-order valence-corrected chi connectivity index (χ3v) is 6.44. The van der Waals surface area contributed by atoms with E-state index in [0.29, 0.717) is 18.8 Å². The molecule has 166 valence electrons. The Morgan fingerprint density at radius 1 is 0.935 bits per heavy atom. The van der Waals surface area contributed by atoms with Crippen LogP contribution in [0.5, 0.6) is 0 Å². The van der Waals surface area contributed by atoms with Crippen molar-refractivity contribution in [3.63, 3.8) is 0 Å². The van der Waals surface area contributed by atoms with Crippen LogP contribution in [0.15, 0.2) is 48.5 Å². The summed E-state index contributed by atoms with van der Waals surface area (Å²) in [5.41, 5.74) is 6.19. The van der Waals surface area contributed by atoms with Gasteiger partial charge >= 0.3 is 0 Å². The molecule has 2 heterocycles. The quantitative estimate of drug-likeness (QED) is 0.494. The van der Waals surface area contributed by atoms with Crippen LogP contribution in [0.4, 0.5) is 0 Å². The lowest BCUT2D eigenvalue weighted by molar-refractivity contribution is 0.0457. The SMILES string of the molecule is Cc1cc2cc(-c3cccc(COC4CCCC4)c3)ccc2[nH]1.OCC1CCCCN1. The predicted molar refractivity (Wildman–Crippen MR) is 128 cm³/mol. The van der Waals surface area contributed by atoms with E-state index < -0.39 is 0 Å². The highest BCUT2D eigenvalue weighted by atomic mass is 16.5. The van der Waals surface area contributed by atoms with Gasteiger partial charge in [0.2, 0.25) is 0 Å². The third kappa shape index (κ3) is 6.19. The van der Waals surface area contributed by atoms with Crippen LogP contribution < -0.4 is 5.32 Å². The van der Waals surface area contributed by atoms with Crippen LogP contribution in [-0.2, 0) is 11.3 Å². The fraction of sp³-hybridized carbons (Fsp3) is 0.481. The number of aliphatic hydroxyl groups excluding tert-OH is 1. The summed E-state index contributed by atoms with van der Waals surface area (Å²) in [7, 11) is 0. The number of piperidine rings is 1. The first-order valence-corrected chi connectivity index (χ1v) is 11.9. The van der Waals surface area contributed by atoms with Gasteiger partial charge in [-0.1, -0.05) is 43.5 Å². The molecule has 2 aromatic carbocycles. The fourth-order valence-corrected chi connectivity index (χ4v) is 4.65. The molecule has 0 spiro atoms. The Hall–Kier alpha value is -2.14. The van der Waals surface area contributed by atoms with E-state index >= 15 is 0 Å². The number of rotatable bonds is 5. The number of aryl methyl sites for hydroxylation is 1. The Kier molecular flexibility index (Phi) is 7.79. The average molecular weight is 421 g/mol. The van der Waals surface area contributed by atoms with Gasteiger partial charge in [0.25, 0.3) is 0 Å². The summed E-state index contributed by atoms with van der Waals surface area (Å²) in [6.07, 6.45) is 9.26. The second-order valence-corrected chi connectivity index (χ2v) is 9.00. The second-order valence-electron chi connectivity index (χ2n) is 9.00. The van der Waals surface area contributed by atoms with Gasteiger partial charge in [-0.3, -0.25) is 0 Å². The predicted octanol–water partition coefficient (Wildman–Crippen LogP) is 5.72. The van der Waals surface area contributed by atoms with Gasteiger partial charge in [0, 0.05) is 22.6 Å². The summed E-state index contributed by atoms with van der Waals surface area (Å²) in [5, 5.41) is 13.1. The molecule has 0 amide bonds. The molecule has 4 nitrogen and oxygen atoms in total. The van der Waals surface area contributed by atoms with E-state index in [1.54, 1.807) is 0 Å². The standard InChI is InChI=1S/C21H23NO.C6H13NO/c1-15-11-19-13-18(9-10-21(19)22-15)17-6-4-5-16(12-17)14-23-20-7-2-3-8-20;8-5-6-3-1-2-4-7-6/h4-6,9-13,20,22H,2-3,7-8,14H2,1H3;6-8H,1-5H2. The molecule has 1 aromatic heterocycles. The Labute approximate surface area is 186 Å². The van der Waals surface area contributed by atoms with Gasteiger partial charge in [-0.05, 0) is 80.1 Å². The highest BCUT2D eigenvalue weighted by Crippen LogP contribution is 2.27. The van der Waals surface area contributed by atoms with Crippen LogP contribution >= 0.6 is 0 Å². The fourth-order valence-electron chi connectivity index (χ4n) is 4.65. The number of hydrogen-bond donors (Lipinski definition) is 3. The Bertz CT molecular complexity index is 953. The summed E-state index contributed by atoms with van der Waals surface area (Å²) >= 11 is 0. The number of aromatic amines is 1. The van der Waals surface area contributed by atoms with Crippen LogP contribution in [0.3, 0.4) is 0 Å². The first-order chi connectivity index (χ1) is 15.2. The van der Waals surface area contributed by atoms with Crippen molar-refractivity contribution in [2.45, 2.75) is 70.6 Å². The minimum Gasteiger partial charge on any atom is -0.395 e. The number of ether oxygens (including phenoxy) is 1. The summed E-state index contributed by atoms with van der Waals surface area (Å²) < 4.78 is 6.05. The van der Waals surface area contributed by atoms with Crippen LogP contribution in [0.25, 0.3) is 22.0 Å². The molecule has 1 atom stereocenters. The minimum absolute atomic E-state index is 0.306. The summed E-state index contributed by atoms with van der Waals surface area (Å²) in [5.74, 6) is 0. The number of nitrogens with one attached hydrogen (secondary N) is 2. The van der Waals surface area contributed by atoms with E-state index in [9.17, 15) is 0 Å². The zero-order valence-corrected chi connectivity index (χ0v) is 18.7. The molecule has 5 rings (SSSR count). The molecule has 1 aliphatic carbocycles. The van der Waals surface area contributed by atoms with Crippen molar-refractivity contribution in [3.8, 4) is 11.1 Å². The highest BCUT2D eigenvalue weighted by Gasteiger charge is 2.15. The molecule has 1 saturated heterocycles. The van der Waals surface area contributed by atoms with E-state index in [1.807, 2.05) is 0 Å². The molecule has 3 N–H and O–H groups in total. The topological polar surface area (TPSA) is 57.3 Å². The van der Waals surface area contributed by atoms with Gasteiger partial charge in [-0.2, -0.15) is 0 Å². The second kappa shape index (κ2) is 10.9. The highest BCUT2D eigenvalue weighted by molar-refractivity contribution is 5.85. The number of fused-ring (bicyclic) bond motifs is 1. The number of hydrogen-bond acceptors (Lipinski definition) is 3. The van der Waals surface area contributed by atoms with Crippen molar-refractivity contribution < 1.29 is 9.84 Å². The van der Waals surface area contributed by atoms with Crippen molar-refractivity contribution >= 4 is 10.9 Å². The molecule has 31 heavy (non-hydrogen) atoms. The molecule has 2 fully saturated rings. The van der Waals surface area contributed by atoms with Gasteiger partial charge in [0.15, 0.2) is 0 Å². The van der Waals surface area contributed by atoms with Crippen molar-refractivity contribution in [1.29, 1.82) is 0 Å². The molecule has 1 unspecified atom stereocenters. The maximum absolute atomic E-state index is 8.63. The molecule has 1 saturated carbocycles. The van der Waals surface area contributed by atoms with E-state index in [4.69, 9.17) is 9.84 Å². The zero-order chi connectivity index (χ0) is 21.5. The largest absolute Gasteiger partial charge is 0.395 e. The smallest absolute Gasteiger partial charge is 0.0720 e. The van der Waals surface area contributed by atoms with E-state index in [2.05, 4.69) is 65.8 Å². The number of aliphatic hydroxyl groups is 1. The van der Waals surface area contributed by atoms with Gasteiger partial charge in [0.05, 0.1) is 19.3 Å². The Morgan fingerprint density at radius 2 is 1.74 bits per heavy atom. The lowest BCUT2D eigenvalue weighted by atomic mass is 10.0. The molecular weight excluding hydrogens is 384 g/mol. The molecule has 0 radical (unpaired) electrons. The van der Waals surface area contributed by atoms with E-state index in [1.165, 1.54) is 71.8 Å². The van der Waals surface area contributed by atoms with Gasteiger partial charge in [-0.15, -0.1) is 0 Å². The number of benzene rings is 2. The number of aromatic nitrogens is 1. The van der Waals surface area contributed by atoms with Gasteiger partial charge in [0.1, 0.15) is 0 Å². The molecular formula is C27H36N2O2. The van der Waals surface area contributed by atoms with Crippen molar-refractivity contribution in [1.82, 2.24) is 10.3 Å². The van der Waals surface area contributed by atoms with Crippen LogP contribution in [0.2, 0.25) is 0 Å². The lowest BCUT2D eigenvalue weighted by Gasteiger charge is -2.20. The summed E-state index contributed by atoms with van der Waals surface area (Å²) in [4.78, 5) is 3.38. The summed E-state index contributed by atoms with van der Waals surface area (Å²) in [6.45, 7) is 4.22. The van der Waals surface area contributed by atoms with Crippen molar-refractivity contribution in [2.24, 2.45) is 0 Å². The lowest BCUT2D eigenvalue weighted by Crippen LogP contribution is -2.36. The van der Waals surface area contributed by atoms with Crippen molar-refractivity contribution in [2.75, 3.05) is 13.2 Å². The normalized spacial score (nSPS) is 19.4. The molecule has 3 aromatic rings. The Morgan fingerprint density at radius 3 is 2.48 bits per heavy atom. The molecule has 0 bridgehead atoms. The zero-order valence-electron chi connectivity index (χ0n) is 18.7. The van der Waals surface area contributed by atoms with E-state index in [0.717, 1.165) is 19.6 Å². The van der Waals surface area contributed by atoms with Crippen LogP contribution in [0.1, 0.15) is 56.2 Å². The first kappa shape index (κ1) is 22.1. The average Bonchev–Trinajstić information content (AvgIpc) is 3.47. The van der Waals surface area contributed by atoms with Crippen LogP contribution in [0, 0.1) is 6.92 Å². The van der Waals surface area contributed by atoms with Crippen molar-refractivity contribution in [3.05, 3.63) is 59.8 Å². The maximum Gasteiger partial charge on any atom is 0.0720 e. The maximum atomic E-state index is 8.63. The van der Waals surface area contributed by atoms with Gasteiger partial charge in [-0.25, -0.2) is 0 Å².